The van der Waals surface area contributed by atoms with Crippen LogP contribution in [-0.2, 0) is 19.1 Å². The highest BCUT2D eigenvalue weighted by Gasteiger charge is 2.44. The van der Waals surface area contributed by atoms with Crippen molar-refractivity contribution in [3.63, 3.8) is 0 Å². The van der Waals surface area contributed by atoms with Crippen molar-refractivity contribution >= 4 is 11.9 Å². The van der Waals surface area contributed by atoms with Crippen LogP contribution < -0.4 is 0 Å². The molecule has 0 bridgehead atoms. The fourth-order valence-electron chi connectivity index (χ4n) is 1.31. The minimum atomic E-state index is -1.51. The average molecular weight is 203 g/mol. The number of hydrogen-bond donors (Lipinski definition) is 0. The topological polar surface area (TPSA) is 95.7 Å². The molecule has 0 aliphatic carbocycles. The lowest BCUT2D eigenvalue weighted by molar-refractivity contribution is -0.519. The molecule has 78 valence electrons. The van der Waals surface area contributed by atoms with E-state index in [1.807, 2.05) is 0 Å². The zero-order valence-corrected chi connectivity index (χ0v) is 7.47. The minimum Gasteiger partial charge on any atom is -0.465 e. The van der Waals surface area contributed by atoms with Crippen LogP contribution in [0.15, 0.2) is 0 Å². The third kappa shape index (κ3) is 1.98. The smallest absolute Gasteiger partial charge is 0.381 e. The van der Waals surface area contributed by atoms with E-state index in [1.54, 1.807) is 0 Å². The summed E-state index contributed by atoms with van der Waals surface area (Å²) < 4.78 is 8.81. The Labute approximate surface area is 79.1 Å². The summed E-state index contributed by atoms with van der Waals surface area (Å²) in [7, 11) is 1.07. The molecule has 1 fully saturated rings. The van der Waals surface area contributed by atoms with Crippen LogP contribution in [0.2, 0.25) is 0 Å². The van der Waals surface area contributed by atoms with Gasteiger partial charge in [-0.15, -0.1) is 0 Å². The first kappa shape index (κ1) is 10.4. The Hall–Kier alpha value is -1.66. The van der Waals surface area contributed by atoms with Crippen molar-refractivity contribution in [1.82, 2.24) is 0 Å². The van der Waals surface area contributed by atoms with Gasteiger partial charge in [0, 0.05) is 4.92 Å². The van der Waals surface area contributed by atoms with Gasteiger partial charge < -0.3 is 9.47 Å². The normalized spacial score (nSPS) is 22.6. The van der Waals surface area contributed by atoms with E-state index in [0.717, 1.165) is 7.11 Å². The third-order valence-corrected chi connectivity index (χ3v) is 2.00. The van der Waals surface area contributed by atoms with Crippen LogP contribution in [0.5, 0.6) is 0 Å². The van der Waals surface area contributed by atoms with E-state index in [2.05, 4.69) is 9.47 Å². The van der Waals surface area contributed by atoms with Crippen LogP contribution in [0.4, 0.5) is 0 Å². The molecule has 2 atom stereocenters. The molecular formula is C7H9NO6. The van der Waals surface area contributed by atoms with Crippen LogP contribution in [-0.4, -0.2) is 36.6 Å². The Balaban J connectivity index is 2.73. The van der Waals surface area contributed by atoms with Crippen molar-refractivity contribution in [2.24, 2.45) is 5.92 Å². The Morgan fingerprint density at radius 1 is 1.79 bits per heavy atom. The average Bonchev–Trinajstić information content (AvgIpc) is 2.51. The molecule has 1 aliphatic rings. The van der Waals surface area contributed by atoms with Gasteiger partial charge in [-0.3, -0.25) is 14.9 Å². The van der Waals surface area contributed by atoms with Crippen LogP contribution in [0, 0.1) is 16.0 Å². The monoisotopic (exact) mass is 203 g/mol. The first-order chi connectivity index (χ1) is 6.56. The van der Waals surface area contributed by atoms with E-state index in [-0.39, 0.29) is 13.0 Å². The van der Waals surface area contributed by atoms with Crippen LogP contribution >= 0.6 is 0 Å². The van der Waals surface area contributed by atoms with Crippen LogP contribution in [0.1, 0.15) is 6.42 Å². The molecule has 0 N–H and O–H groups in total. The lowest BCUT2D eigenvalue weighted by Crippen LogP contribution is -2.38. The highest BCUT2D eigenvalue weighted by molar-refractivity contribution is 5.78. The number of esters is 2. The maximum atomic E-state index is 11.0. The standard InChI is InChI=1S/C7H9NO6/c1-13-7(10)6(8(11)12)4-2-5(9)14-3-4/h4,6H,2-3H2,1H3/t4-,6?/m1/s1. The van der Waals surface area contributed by atoms with Crippen molar-refractivity contribution < 1.29 is 24.0 Å². The Kier molecular flexibility index (Phi) is 3.00. The molecule has 1 saturated heterocycles. The second-order valence-electron chi connectivity index (χ2n) is 2.90. The molecule has 0 aromatic rings. The molecule has 14 heavy (non-hydrogen) atoms. The molecule has 7 heteroatoms. The Bertz CT molecular complexity index is 275. The van der Waals surface area contributed by atoms with Gasteiger partial charge in [-0.2, -0.15) is 0 Å². The summed E-state index contributed by atoms with van der Waals surface area (Å²) >= 11 is 0. The van der Waals surface area contributed by atoms with Crippen molar-refractivity contribution in [3.05, 3.63) is 10.1 Å². The van der Waals surface area contributed by atoms with E-state index >= 15 is 0 Å². The summed E-state index contributed by atoms with van der Waals surface area (Å²) in [5.74, 6) is -2.19. The third-order valence-electron chi connectivity index (χ3n) is 2.00. The summed E-state index contributed by atoms with van der Waals surface area (Å²) in [5.41, 5.74) is 0. The van der Waals surface area contributed by atoms with E-state index in [1.165, 1.54) is 0 Å². The van der Waals surface area contributed by atoms with Gasteiger partial charge in [0.2, 0.25) is 0 Å². The summed E-state index contributed by atoms with van der Waals surface area (Å²) in [4.78, 5) is 31.5. The van der Waals surface area contributed by atoms with Gasteiger partial charge in [0.15, 0.2) is 0 Å². The molecule has 0 radical (unpaired) electrons. The molecule has 7 nitrogen and oxygen atoms in total. The van der Waals surface area contributed by atoms with E-state index in [0.29, 0.717) is 0 Å². The molecule has 1 rings (SSSR count). The highest BCUT2D eigenvalue weighted by atomic mass is 16.6. The predicted octanol–water partition coefficient (Wildman–Crippen LogP) is -0.632. The maximum Gasteiger partial charge on any atom is 0.381 e. The lowest BCUT2D eigenvalue weighted by atomic mass is 10.00. The van der Waals surface area contributed by atoms with Gasteiger partial charge in [-0.05, 0) is 0 Å². The molecule has 1 aliphatic heterocycles. The quantitative estimate of drug-likeness (QED) is 0.344. The molecular weight excluding hydrogens is 194 g/mol. The fraction of sp³-hybridized carbons (Fsp3) is 0.714. The number of carbonyl (C=O) groups is 2. The SMILES string of the molecule is COC(=O)C([C@H]1COC(=O)C1)[N+](=O)[O-]. The first-order valence-electron chi connectivity index (χ1n) is 3.93. The van der Waals surface area contributed by atoms with Crippen molar-refractivity contribution in [3.8, 4) is 0 Å². The first-order valence-corrected chi connectivity index (χ1v) is 3.93. The molecule has 0 aromatic carbocycles. The Morgan fingerprint density at radius 3 is 2.79 bits per heavy atom. The van der Waals surface area contributed by atoms with Gasteiger partial charge in [0.25, 0.3) is 0 Å². The van der Waals surface area contributed by atoms with Crippen molar-refractivity contribution in [2.45, 2.75) is 12.5 Å². The number of cyclic esters (lactones) is 1. The molecule has 0 amide bonds. The number of rotatable bonds is 3. The molecule has 0 spiro atoms. The van der Waals surface area contributed by atoms with Gasteiger partial charge >= 0.3 is 18.0 Å². The zero-order valence-electron chi connectivity index (χ0n) is 7.47. The van der Waals surface area contributed by atoms with Gasteiger partial charge in [-0.25, -0.2) is 4.79 Å². The van der Waals surface area contributed by atoms with Gasteiger partial charge in [-0.1, -0.05) is 0 Å². The summed E-state index contributed by atoms with van der Waals surface area (Å²) in [5, 5.41) is 10.5. The molecule has 1 unspecified atom stereocenters. The van der Waals surface area contributed by atoms with E-state index in [4.69, 9.17) is 0 Å². The van der Waals surface area contributed by atoms with E-state index in [9.17, 15) is 19.7 Å². The van der Waals surface area contributed by atoms with Crippen LogP contribution in [0.25, 0.3) is 0 Å². The lowest BCUT2D eigenvalue weighted by Gasteiger charge is -2.10. The summed E-state index contributed by atoms with van der Waals surface area (Å²) in [6.07, 6.45) is -0.110. The van der Waals surface area contributed by atoms with Crippen LogP contribution in [0.3, 0.4) is 0 Å². The predicted molar refractivity (Wildman–Crippen MR) is 41.9 cm³/mol. The van der Waals surface area contributed by atoms with Crippen molar-refractivity contribution in [2.75, 3.05) is 13.7 Å². The maximum absolute atomic E-state index is 11.0. The molecule has 1 heterocycles. The van der Waals surface area contributed by atoms with Crippen molar-refractivity contribution in [1.29, 1.82) is 0 Å². The molecule has 0 aromatic heterocycles. The summed E-state index contributed by atoms with van der Waals surface area (Å²) in [6, 6.07) is -1.51. The number of nitrogens with zero attached hydrogens (tertiary/aromatic N) is 1. The minimum absolute atomic E-state index is 0.0976. The number of hydrogen-bond acceptors (Lipinski definition) is 6. The Morgan fingerprint density at radius 2 is 2.43 bits per heavy atom. The number of methoxy groups -OCH3 is 1. The number of ether oxygens (including phenoxy) is 2. The summed E-state index contributed by atoms with van der Waals surface area (Å²) in [6.45, 7) is -0.0976. The second kappa shape index (κ2) is 4.03. The second-order valence-corrected chi connectivity index (χ2v) is 2.90. The molecule has 0 saturated carbocycles. The number of carbonyl (C=O) groups excluding carboxylic acids is 2. The largest absolute Gasteiger partial charge is 0.465 e. The van der Waals surface area contributed by atoms with Gasteiger partial charge in [0.1, 0.15) is 6.61 Å². The highest BCUT2D eigenvalue weighted by Crippen LogP contribution is 2.20. The van der Waals surface area contributed by atoms with Gasteiger partial charge in [0.05, 0.1) is 19.4 Å². The zero-order chi connectivity index (χ0) is 10.7. The van der Waals surface area contributed by atoms with E-state index < -0.39 is 28.8 Å². The fourth-order valence-corrected chi connectivity index (χ4v) is 1.31. The number of nitro groups is 1.